The Kier molecular flexibility index (Phi) is 5.32. The second-order valence-electron chi connectivity index (χ2n) is 5.74. The van der Waals surface area contributed by atoms with Crippen molar-refractivity contribution in [1.82, 2.24) is 5.43 Å². The van der Waals surface area contributed by atoms with Gasteiger partial charge in [-0.1, -0.05) is 17.7 Å². The molecule has 7 nitrogen and oxygen atoms in total. The normalized spacial score (nSPS) is 15.0. The van der Waals surface area contributed by atoms with Crippen LogP contribution in [0.3, 0.4) is 0 Å². The van der Waals surface area contributed by atoms with E-state index in [0.29, 0.717) is 5.56 Å². The first-order valence-electron chi connectivity index (χ1n) is 7.99. The summed E-state index contributed by atoms with van der Waals surface area (Å²) in [6.45, 7) is 1.26. The lowest BCUT2D eigenvalue weighted by Crippen LogP contribution is -2.35. The second kappa shape index (κ2) is 7.69. The number of nitrogens with one attached hydrogen (secondary N) is 1. The zero-order valence-corrected chi connectivity index (χ0v) is 15.5. The van der Waals surface area contributed by atoms with Crippen LogP contribution >= 0.6 is 11.6 Å². The third-order valence-corrected chi connectivity index (χ3v) is 4.09. The molecule has 3 rings (SSSR count). The molecule has 28 heavy (non-hydrogen) atoms. The molecule has 0 unspecified atom stereocenters. The van der Waals surface area contributed by atoms with Crippen molar-refractivity contribution in [2.75, 3.05) is 12.1 Å². The van der Waals surface area contributed by atoms with Crippen LogP contribution in [0.25, 0.3) is 6.08 Å². The van der Waals surface area contributed by atoms with Crippen LogP contribution in [0.15, 0.2) is 42.0 Å². The minimum atomic E-state index is -0.640. The van der Waals surface area contributed by atoms with Crippen LogP contribution in [0, 0.1) is 5.82 Å². The van der Waals surface area contributed by atoms with Gasteiger partial charge in [-0.2, -0.15) is 0 Å². The predicted molar refractivity (Wildman–Crippen MR) is 99.3 cm³/mol. The Labute approximate surface area is 164 Å². The summed E-state index contributed by atoms with van der Waals surface area (Å²) >= 11 is 5.74. The summed E-state index contributed by atoms with van der Waals surface area (Å²) < 4.78 is 23.5. The van der Waals surface area contributed by atoms with Crippen LogP contribution in [0.5, 0.6) is 11.5 Å². The lowest BCUT2D eigenvalue weighted by molar-refractivity contribution is -0.132. The van der Waals surface area contributed by atoms with Gasteiger partial charge in [0, 0.05) is 6.92 Å². The Hall–Kier alpha value is -3.39. The number of carbonyl (C=O) groups excluding carboxylic acids is 3. The van der Waals surface area contributed by atoms with Gasteiger partial charge in [-0.25, -0.2) is 9.40 Å². The maximum Gasteiger partial charge on any atom is 0.308 e. The average molecular weight is 405 g/mol. The first kappa shape index (κ1) is 19.4. The highest BCUT2D eigenvalue weighted by Gasteiger charge is 2.34. The monoisotopic (exact) mass is 404 g/mol. The van der Waals surface area contributed by atoms with E-state index in [2.05, 4.69) is 5.43 Å². The number of hydrogen-bond donors (Lipinski definition) is 1. The first-order valence-corrected chi connectivity index (χ1v) is 8.36. The van der Waals surface area contributed by atoms with E-state index in [1.807, 2.05) is 0 Å². The van der Waals surface area contributed by atoms with Gasteiger partial charge in [0.2, 0.25) is 0 Å². The maximum atomic E-state index is 13.3. The van der Waals surface area contributed by atoms with E-state index >= 15 is 0 Å². The lowest BCUT2D eigenvalue weighted by atomic mass is 10.1. The molecule has 144 valence electrons. The van der Waals surface area contributed by atoms with Crippen molar-refractivity contribution >= 4 is 41.1 Å². The maximum absolute atomic E-state index is 13.3. The molecule has 0 saturated carbocycles. The summed E-state index contributed by atoms with van der Waals surface area (Å²) in [4.78, 5) is 36.0. The van der Waals surface area contributed by atoms with Gasteiger partial charge in [0.1, 0.15) is 11.4 Å². The largest absolute Gasteiger partial charge is 0.493 e. The topological polar surface area (TPSA) is 84.9 Å². The second-order valence-corrected chi connectivity index (χ2v) is 6.15. The highest BCUT2D eigenvalue weighted by Crippen LogP contribution is 2.30. The highest BCUT2D eigenvalue weighted by molar-refractivity contribution is 6.33. The number of nitrogens with zero attached hydrogens (tertiary/aromatic N) is 1. The average Bonchev–Trinajstić information content (AvgIpc) is 2.93. The Morgan fingerprint density at radius 2 is 1.93 bits per heavy atom. The lowest BCUT2D eigenvalue weighted by Gasteiger charge is -2.14. The molecule has 2 aromatic carbocycles. The highest BCUT2D eigenvalue weighted by atomic mass is 35.5. The number of amides is 2. The molecule has 0 spiro atoms. The number of anilines is 1. The van der Waals surface area contributed by atoms with Crippen LogP contribution < -0.4 is 19.9 Å². The number of esters is 1. The van der Waals surface area contributed by atoms with Crippen LogP contribution in [0.1, 0.15) is 12.5 Å². The molecule has 9 heteroatoms. The van der Waals surface area contributed by atoms with Crippen LogP contribution in [0.2, 0.25) is 5.02 Å². The number of halogens is 2. The summed E-state index contributed by atoms with van der Waals surface area (Å²) in [5, 5.41) is 0.798. The Morgan fingerprint density at radius 3 is 2.57 bits per heavy atom. The van der Waals surface area contributed by atoms with Gasteiger partial charge in [-0.15, -0.1) is 0 Å². The number of methoxy groups -OCH3 is 1. The minimum absolute atomic E-state index is 0.136. The van der Waals surface area contributed by atoms with Crippen molar-refractivity contribution in [2.45, 2.75) is 6.92 Å². The third kappa shape index (κ3) is 3.81. The molecule has 1 aliphatic heterocycles. The molecule has 1 saturated heterocycles. The fourth-order valence-corrected chi connectivity index (χ4v) is 2.72. The Morgan fingerprint density at radius 1 is 1.18 bits per heavy atom. The number of hydrazine groups is 1. The molecule has 1 fully saturated rings. The third-order valence-electron chi connectivity index (χ3n) is 3.81. The van der Waals surface area contributed by atoms with E-state index in [1.54, 1.807) is 6.07 Å². The molecular weight excluding hydrogens is 391 g/mol. The van der Waals surface area contributed by atoms with Gasteiger partial charge in [0.15, 0.2) is 11.5 Å². The number of rotatable bonds is 4. The zero-order chi connectivity index (χ0) is 20.4. The standard InChI is InChI=1S/C19H14ClFN2O5/c1-10(24)28-16-6-3-11(8-17(16)27-2)7-13-18(25)22-23(19(13)26)12-4-5-15(21)14(20)9-12/h3-9H,1-2H3,(H,22,25)/b13-7-. The van der Waals surface area contributed by atoms with Crippen molar-refractivity contribution in [3.05, 3.63) is 58.4 Å². The molecule has 0 bridgehead atoms. The summed E-state index contributed by atoms with van der Waals surface area (Å²) in [6, 6.07) is 8.21. The molecular formula is C19H14ClFN2O5. The minimum Gasteiger partial charge on any atom is -0.493 e. The van der Waals surface area contributed by atoms with Gasteiger partial charge < -0.3 is 9.47 Å². The SMILES string of the molecule is COc1cc(/C=C2/C(=O)NN(c3ccc(F)c(Cl)c3)C2=O)ccc1OC(C)=O. The van der Waals surface area contributed by atoms with Gasteiger partial charge in [-0.3, -0.25) is 19.8 Å². The van der Waals surface area contributed by atoms with E-state index in [9.17, 15) is 18.8 Å². The molecule has 1 N–H and O–H groups in total. The molecule has 2 aromatic rings. The zero-order valence-electron chi connectivity index (χ0n) is 14.8. The summed E-state index contributed by atoms with van der Waals surface area (Å²) in [7, 11) is 1.40. The molecule has 0 aliphatic carbocycles. The number of benzene rings is 2. The van der Waals surface area contributed by atoms with E-state index in [-0.39, 0.29) is 27.8 Å². The molecule has 0 atom stereocenters. The molecule has 0 aromatic heterocycles. The molecule has 0 radical (unpaired) electrons. The smallest absolute Gasteiger partial charge is 0.308 e. The Balaban J connectivity index is 1.92. The summed E-state index contributed by atoms with van der Waals surface area (Å²) in [6.07, 6.45) is 1.36. The van der Waals surface area contributed by atoms with Crippen molar-refractivity contribution < 1.29 is 28.2 Å². The molecule has 1 aliphatic rings. The molecule has 2 amide bonds. The van der Waals surface area contributed by atoms with Gasteiger partial charge in [0.05, 0.1) is 17.8 Å². The summed E-state index contributed by atoms with van der Waals surface area (Å²) in [5.74, 6) is -1.94. The van der Waals surface area contributed by atoms with Crippen LogP contribution in [-0.4, -0.2) is 24.9 Å². The van der Waals surface area contributed by atoms with E-state index < -0.39 is 23.6 Å². The van der Waals surface area contributed by atoms with Crippen LogP contribution in [-0.2, 0) is 14.4 Å². The first-order chi connectivity index (χ1) is 13.3. The van der Waals surface area contributed by atoms with Gasteiger partial charge >= 0.3 is 5.97 Å². The van der Waals surface area contributed by atoms with Crippen molar-refractivity contribution in [3.8, 4) is 11.5 Å². The van der Waals surface area contributed by atoms with Gasteiger partial charge in [-0.05, 0) is 42.0 Å². The Bertz CT molecular complexity index is 1020. The van der Waals surface area contributed by atoms with Gasteiger partial charge in [0.25, 0.3) is 11.8 Å². The van der Waals surface area contributed by atoms with Crippen molar-refractivity contribution in [1.29, 1.82) is 0 Å². The van der Waals surface area contributed by atoms with E-state index in [0.717, 1.165) is 11.1 Å². The van der Waals surface area contributed by atoms with Crippen molar-refractivity contribution in [2.24, 2.45) is 0 Å². The summed E-state index contributed by atoms with van der Waals surface area (Å²) in [5.41, 5.74) is 2.96. The predicted octanol–water partition coefficient (Wildman–Crippen LogP) is 2.87. The van der Waals surface area contributed by atoms with Crippen molar-refractivity contribution in [3.63, 3.8) is 0 Å². The molecule has 1 heterocycles. The number of ether oxygens (including phenoxy) is 2. The fourth-order valence-electron chi connectivity index (χ4n) is 2.54. The quantitative estimate of drug-likeness (QED) is 0.366. The number of carbonyl (C=O) groups is 3. The van der Waals surface area contributed by atoms with E-state index in [4.69, 9.17) is 21.1 Å². The fraction of sp³-hybridized carbons (Fsp3) is 0.105. The van der Waals surface area contributed by atoms with Crippen LogP contribution in [0.4, 0.5) is 10.1 Å². The van der Waals surface area contributed by atoms with E-state index in [1.165, 1.54) is 44.4 Å². The number of hydrogen-bond acceptors (Lipinski definition) is 5.